The molecule has 2 aromatic heterocycles. The Kier molecular flexibility index (Phi) is 2.73. The standard InChI is InChI=1S/C9H9S2.CH3.Sn/c1-5-4-10-9-6(2)7(3)11-8(5)9;;/h1-3H3;1H3;. The molecule has 0 unspecified atom stereocenters. The molecule has 0 aliphatic rings. The van der Waals surface area contributed by atoms with Crippen molar-refractivity contribution < 1.29 is 0 Å². The van der Waals surface area contributed by atoms with E-state index >= 15 is 0 Å². The van der Waals surface area contributed by atoms with Crippen molar-refractivity contribution in [2.24, 2.45) is 0 Å². The summed E-state index contributed by atoms with van der Waals surface area (Å²) in [5.41, 5.74) is 3.11. The molecule has 3 heteroatoms. The summed E-state index contributed by atoms with van der Waals surface area (Å²) >= 11 is 3.81. The van der Waals surface area contributed by atoms with Crippen LogP contribution in [0.4, 0.5) is 0 Å². The van der Waals surface area contributed by atoms with E-state index in [9.17, 15) is 0 Å². The van der Waals surface area contributed by atoms with Crippen molar-refractivity contribution >= 4 is 56.1 Å². The van der Waals surface area contributed by atoms with E-state index in [1.54, 1.807) is 17.9 Å². The molecule has 2 aromatic rings. The van der Waals surface area contributed by atoms with Gasteiger partial charge in [-0.15, -0.1) is 0 Å². The maximum absolute atomic E-state index is 2.41. The van der Waals surface area contributed by atoms with Crippen LogP contribution in [0.1, 0.15) is 16.0 Å². The van der Waals surface area contributed by atoms with Gasteiger partial charge in [0.15, 0.2) is 0 Å². The fourth-order valence-corrected chi connectivity index (χ4v) is 7.48. The van der Waals surface area contributed by atoms with E-state index < -0.39 is 0 Å². The Balaban J connectivity index is 2.81. The second-order valence-corrected chi connectivity index (χ2v) is 9.38. The molecule has 0 aromatic carbocycles. The number of fused-ring (bicyclic) bond motifs is 1. The summed E-state index contributed by atoms with van der Waals surface area (Å²) in [6, 6.07) is 0. The zero-order valence-electron chi connectivity index (χ0n) is 8.32. The zero-order chi connectivity index (χ0) is 9.59. The molecule has 0 saturated carbocycles. The monoisotopic (exact) mass is 316 g/mol. The third kappa shape index (κ3) is 1.47. The van der Waals surface area contributed by atoms with Crippen LogP contribution >= 0.6 is 22.7 Å². The predicted octanol–water partition coefficient (Wildman–Crippen LogP) is 3.27. The van der Waals surface area contributed by atoms with E-state index in [0.29, 0.717) is 0 Å². The molecule has 0 N–H and O–H groups in total. The van der Waals surface area contributed by atoms with E-state index in [-0.39, 0.29) is 21.1 Å². The van der Waals surface area contributed by atoms with Crippen LogP contribution < -0.4 is 2.89 Å². The van der Waals surface area contributed by atoms with E-state index in [2.05, 4.69) is 37.0 Å². The normalized spacial score (nSPS) is 11.4. The summed E-state index contributed by atoms with van der Waals surface area (Å²) in [6.45, 7) is 6.79. The second-order valence-electron chi connectivity index (χ2n) is 3.25. The van der Waals surface area contributed by atoms with Crippen LogP contribution in [-0.2, 0) is 0 Å². The molecular weight excluding hydrogens is 303 g/mol. The third-order valence-electron chi connectivity index (χ3n) is 2.44. The summed E-state index contributed by atoms with van der Waals surface area (Å²) in [6.07, 6.45) is 0. The van der Waals surface area contributed by atoms with Crippen molar-refractivity contribution in [1.82, 2.24) is 0 Å². The second kappa shape index (κ2) is 3.55. The first kappa shape index (κ1) is 9.99. The Labute approximate surface area is 97.2 Å². The molecule has 0 aliphatic heterocycles. The van der Waals surface area contributed by atoms with E-state index in [1.165, 1.54) is 10.4 Å². The van der Waals surface area contributed by atoms with Crippen molar-refractivity contribution in [3.63, 3.8) is 0 Å². The van der Waals surface area contributed by atoms with Crippen molar-refractivity contribution in [1.29, 1.82) is 0 Å². The Hall–Kier alpha value is 0.459. The quantitative estimate of drug-likeness (QED) is 0.709. The van der Waals surface area contributed by atoms with Crippen LogP contribution in [0.15, 0.2) is 0 Å². The molecule has 0 nitrogen and oxygen atoms in total. The maximum atomic E-state index is 2.41. The van der Waals surface area contributed by atoms with Gasteiger partial charge in [0.25, 0.3) is 0 Å². The van der Waals surface area contributed by atoms with Gasteiger partial charge in [0.05, 0.1) is 0 Å². The van der Waals surface area contributed by atoms with Crippen LogP contribution in [0.3, 0.4) is 0 Å². The fourth-order valence-electron chi connectivity index (χ4n) is 1.50. The SMILES string of the molecule is [CH3][Sn][c]1sc2c(C)c(C)sc2c1C. The number of aryl methyl sites for hydroxylation is 3. The zero-order valence-corrected chi connectivity index (χ0v) is 12.8. The first-order valence-corrected chi connectivity index (χ1v) is 10.2. The molecule has 0 saturated heterocycles. The summed E-state index contributed by atoms with van der Waals surface area (Å²) in [5, 5.41) is 0. The molecule has 0 fully saturated rings. The first-order chi connectivity index (χ1) is 6.15. The van der Waals surface area contributed by atoms with Gasteiger partial charge in [0.1, 0.15) is 0 Å². The molecule has 0 spiro atoms. The molecule has 2 rings (SSSR count). The predicted molar refractivity (Wildman–Crippen MR) is 65.2 cm³/mol. The van der Waals surface area contributed by atoms with Crippen LogP contribution in [0.5, 0.6) is 0 Å². The number of hydrogen-bond acceptors (Lipinski definition) is 2. The van der Waals surface area contributed by atoms with Gasteiger partial charge in [-0.2, -0.15) is 0 Å². The fraction of sp³-hybridized carbons (Fsp3) is 0.400. The van der Waals surface area contributed by atoms with E-state index in [0.717, 1.165) is 0 Å². The van der Waals surface area contributed by atoms with Gasteiger partial charge in [-0.25, -0.2) is 0 Å². The molecule has 0 atom stereocenters. The molecule has 0 aliphatic carbocycles. The van der Waals surface area contributed by atoms with Crippen molar-refractivity contribution in [2.75, 3.05) is 0 Å². The average molecular weight is 315 g/mol. The molecule has 2 heterocycles. The summed E-state index contributed by atoms with van der Waals surface area (Å²) in [7, 11) is 0. The molecule has 13 heavy (non-hydrogen) atoms. The third-order valence-corrected chi connectivity index (χ3v) is 9.73. The number of rotatable bonds is 1. The number of hydrogen-bond donors (Lipinski definition) is 0. The number of thiophene rings is 2. The van der Waals surface area contributed by atoms with Crippen LogP contribution in [0, 0.1) is 20.8 Å². The van der Waals surface area contributed by atoms with Crippen LogP contribution in [-0.4, -0.2) is 21.1 Å². The topological polar surface area (TPSA) is 0 Å². The Morgan fingerprint density at radius 1 is 0.923 bits per heavy atom. The molecule has 2 radical (unpaired) electrons. The van der Waals surface area contributed by atoms with Gasteiger partial charge in [-0.3, -0.25) is 0 Å². The average Bonchev–Trinajstić information content (AvgIpc) is 2.56. The molecule has 68 valence electrons. The Morgan fingerprint density at radius 3 is 2.08 bits per heavy atom. The first-order valence-electron chi connectivity index (χ1n) is 4.32. The minimum absolute atomic E-state index is 0.228. The van der Waals surface area contributed by atoms with Gasteiger partial charge < -0.3 is 0 Å². The van der Waals surface area contributed by atoms with Gasteiger partial charge >= 0.3 is 97.8 Å². The van der Waals surface area contributed by atoms with Crippen LogP contribution in [0.25, 0.3) is 9.40 Å². The Bertz CT molecular complexity index is 451. The minimum atomic E-state index is -0.228. The molecule has 0 amide bonds. The van der Waals surface area contributed by atoms with Crippen molar-refractivity contribution in [3.05, 3.63) is 16.0 Å². The van der Waals surface area contributed by atoms with Gasteiger partial charge in [-0.05, 0) is 0 Å². The van der Waals surface area contributed by atoms with E-state index in [1.807, 2.05) is 11.3 Å². The van der Waals surface area contributed by atoms with E-state index in [4.69, 9.17) is 0 Å². The van der Waals surface area contributed by atoms with Crippen LogP contribution in [0.2, 0.25) is 4.94 Å². The summed E-state index contributed by atoms with van der Waals surface area (Å²) in [4.78, 5) is 3.91. The molecular formula is C10H12S2Sn. The summed E-state index contributed by atoms with van der Waals surface area (Å²) < 4.78 is 4.86. The van der Waals surface area contributed by atoms with Gasteiger partial charge in [0.2, 0.25) is 0 Å². The molecule has 0 bridgehead atoms. The van der Waals surface area contributed by atoms with Crippen molar-refractivity contribution in [2.45, 2.75) is 25.7 Å². The van der Waals surface area contributed by atoms with Crippen molar-refractivity contribution in [3.8, 4) is 0 Å². The Morgan fingerprint density at radius 2 is 1.54 bits per heavy atom. The van der Waals surface area contributed by atoms with Gasteiger partial charge in [0, 0.05) is 0 Å². The summed E-state index contributed by atoms with van der Waals surface area (Å²) in [5.74, 6) is 0. The van der Waals surface area contributed by atoms with Gasteiger partial charge in [-0.1, -0.05) is 0 Å².